The molecule has 3 rings (SSSR count). The molecule has 0 spiro atoms. The maximum absolute atomic E-state index is 12.8. The van der Waals surface area contributed by atoms with Gasteiger partial charge in [-0.25, -0.2) is 8.42 Å². The molecule has 30 heavy (non-hydrogen) atoms. The van der Waals surface area contributed by atoms with Crippen molar-refractivity contribution in [3.05, 3.63) is 57.1 Å². The molecule has 0 atom stereocenters. The van der Waals surface area contributed by atoms with E-state index >= 15 is 0 Å². The van der Waals surface area contributed by atoms with E-state index in [9.17, 15) is 18.5 Å². The quantitative estimate of drug-likeness (QED) is 0.388. The SMILES string of the molecule is Cc1ccc(NC(=S)Nc2cc(S(=O)(=O)N3CCOCC3)ccc2Cl)cc1[N+](=O)[O-]. The van der Waals surface area contributed by atoms with Crippen molar-refractivity contribution in [2.75, 3.05) is 36.9 Å². The molecule has 0 bridgehead atoms. The van der Waals surface area contributed by atoms with E-state index < -0.39 is 14.9 Å². The van der Waals surface area contributed by atoms with E-state index in [1.54, 1.807) is 19.1 Å². The van der Waals surface area contributed by atoms with Crippen molar-refractivity contribution in [2.24, 2.45) is 0 Å². The van der Waals surface area contributed by atoms with E-state index in [4.69, 9.17) is 28.6 Å². The fourth-order valence-corrected chi connectivity index (χ4v) is 4.69. The topological polar surface area (TPSA) is 114 Å². The lowest BCUT2D eigenvalue weighted by molar-refractivity contribution is -0.385. The minimum Gasteiger partial charge on any atom is -0.379 e. The van der Waals surface area contributed by atoms with Gasteiger partial charge in [-0.05, 0) is 43.4 Å². The first-order chi connectivity index (χ1) is 14.2. The van der Waals surface area contributed by atoms with Crippen LogP contribution in [0.3, 0.4) is 0 Å². The van der Waals surface area contributed by atoms with Gasteiger partial charge >= 0.3 is 0 Å². The number of anilines is 2. The normalized spacial score (nSPS) is 14.9. The fourth-order valence-electron chi connectivity index (χ4n) is 2.87. The Bertz CT molecular complexity index is 1090. The van der Waals surface area contributed by atoms with Crippen LogP contribution in [0.5, 0.6) is 0 Å². The van der Waals surface area contributed by atoms with Crippen molar-refractivity contribution in [1.29, 1.82) is 0 Å². The number of nitro groups is 1. The molecule has 0 unspecified atom stereocenters. The predicted octanol–water partition coefficient (Wildman–Crippen LogP) is 3.39. The molecular weight excluding hydrogens is 452 g/mol. The van der Waals surface area contributed by atoms with Gasteiger partial charge < -0.3 is 15.4 Å². The van der Waals surface area contributed by atoms with Gasteiger partial charge in [0.1, 0.15) is 0 Å². The molecule has 1 heterocycles. The highest BCUT2D eigenvalue weighted by Gasteiger charge is 2.27. The highest BCUT2D eigenvalue weighted by atomic mass is 35.5. The molecule has 0 aliphatic carbocycles. The molecule has 2 aromatic carbocycles. The van der Waals surface area contributed by atoms with Crippen LogP contribution in [0, 0.1) is 17.0 Å². The number of nitrogens with one attached hydrogen (secondary N) is 2. The smallest absolute Gasteiger partial charge is 0.274 e. The van der Waals surface area contributed by atoms with Gasteiger partial charge in [0.15, 0.2) is 5.11 Å². The molecule has 0 amide bonds. The van der Waals surface area contributed by atoms with Crippen LogP contribution in [0.2, 0.25) is 5.02 Å². The molecule has 1 fully saturated rings. The number of sulfonamides is 1. The Morgan fingerprint density at radius 3 is 2.57 bits per heavy atom. The summed E-state index contributed by atoms with van der Waals surface area (Å²) in [6.07, 6.45) is 0. The number of rotatable bonds is 5. The lowest BCUT2D eigenvalue weighted by atomic mass is 10.2. The van der Waals surface area contributed by atoms with Crippen LogP contribution in [-0.4, -0.2) is 49.1 Å². The minimum atomic E-state index is -3.70. The Hall–Kier alpha value is -2.31. The highest BCUT2D eigenvalue weighted by Crippen LogP contribution is 2.28. The van der Waals surface area contributed by atoms with E-state index in [1.807, 2.05) is 0 Å². The Labute approximate surface area is 184 Å². The average Bonchev–Trinajstić information content (AvgIpc) is 2.71. The van der Waals surface area contributed by atoms with E-state index in [0.29, 0.717) is 30.2 Å². The summed E-state index contributed by atoms with van der Waals surface area (Å²) < 4.78 is 32.3. The van der Waals surface area contributed by atoms with Crippen molar-refractivity contribution < 1.29 is 18.1 Å². The molecule has 0 saturated carbocycles. The van der Waals surface area contributed by atoms with Crippen molar-refractivity contribution in [3.63, 3.8) is 0 Å². The van der Waals surface area contributed by atoms with Crippen molar-refractivity contribution in [3.8, 4) is 0 Å². The highest BCUT2D eigenvalue weighted by molar-refractivity contribution is 7.89. The Kier molecular flexibility index (Phi) is 6.88. The number of morpholine rings is 1. The maximum Gasteiger partial charge on any atom is 0.274 e. The van der Waals surface area contributed by atoms with Gasteiger partial charge in [0.25, 0.3) is 5.69 Å². The molecule has 2 N–H and O–H groups in total. The van der Waals surface area contributed by atoms with Crippen LogP contribution in [0.15, 0.2) is 41.3 Å². The number of nitro benzene ring substituents is 1. The summed E-state index contributed by atoms with van der Waals surface area (Å²) in [6.45, 7) is 2.88. The van der Waals surface area contributed by atoms with Crippen molar-refractivity contribution >= 4 is 56.0 Å². The summed E-state index contributed by atoms with van der Waals surface area (Å²) in [5.74, 6) is 0. The molecular formula is C18H19ClN4O5S2. The number of thiocarbonyl (C=S) groups is 1. The van der Waals surface area contributed by atoms with Gasteiger partial charge in [-0.15, -0.1) is 0 Å². The van der Waals surface area contributed by atoms with Gasteiger partial charge in [0.05, 0.1) is 33.7 Å². The zero-order chi connectivity index (χ0) is 21.9. The number of aryl methyl sites for hydroxylation is 1. The molecule has 1 aliphatic rings. The number of ether oxygens (including phenoxy) is 1. The molecule has 0 aromatic heterocycles. The second-order valence-electron chi connectivity index (χ2n) is 6.50. The van der Waals surface area contributed by atoms with Gasteiger partial charge in [0.2, 0.25) is 10.0 Å². The van der Waals surface area contributed by atoms with E-state index in [2.05, 4.69) is 10.6 Å². The molecule has 9 nitrogen and oxygen atoms in total. The van der Waals surface area contributed by atoms with Crippen molar-refractivity contribution in [1.82, 2.24) is 4.31 Å². The molecule has 1 saturated heterocycles. The average molecular weight is 471 g/mol. The van der Waals surface area contributed by atoms with Crippen LogP contribution in [0.1, 0.15) is 5.56 Å². The summed E-state index contributed by atoms with van der Waals surface area (Å²) in [5.41, 5.74) is 1.19. The molecule has 1 aliphatic heterocycles. The molecule has 2 aromatic rings. The Morgan fingerprint density at radius 1 is 1.20 bits per heavy atom. The third-order valence-corrected chi connectivity index (χ3v) is 6.89. The monoisotopic (exact) mass is 470 g/mol. The van der Waals surface area contributed by atoms with E-state index in [-0.39, 0.29) is 33.8 Å². The molecule has 160 valence electrons. The van der Waals surface area contributed by atoms with Crippen LogP contribution < -0.4 is 10.6 Å². The van der Waals surface area contributed by atoms with Gasteiger partial charge in [-0.3, -0.25) is 10.1 Å². The maximum atomic E-state index is 12.8. The third-order valence-electron chi connectivity index (χ3n) is 4.46. The Balaban J connectivity index is 1.78. The van der Waals surface area contributed by atoms with Gasteiger partial charge in [-0.2, -0.15) is 4.31 Å². The largest absolute Gasteiger partial charge is 0.379 e. The van der Waals surface area contributed by atoms with Crippen LogP contribution in [0.25, 0.3) is 0 Å². The van der Waals surface area contributed by atoms with Gasteiger partial charge in [-0.1, -0.05) is 17.7 Å². The third kappa shape index (κ3) is 5.05. The lowest BCUT2D eigenvalue weighted by Gasteiger charge is -2.26. The van der Waals surface area contributed by atoms with Crippen LogP contribution in [0.4, 0.5) is 17.1 Å². The number of halogens is 1. The van der Waals surface area contributed by atoms with Crippen molar-refractivity contribution in [2.45, 2.75) is 11.8 Å². The van der Waals surface area contributed by atoms with E-state index in [0.717, 1.165) is 0 Å². The van der Waals surface area contributed by atoms with Crippen LogP contribution in [-0.2, 0) is 14.8 Å². The first-order valence-corrected chi connectivity index (χ1v) is 11.1. The summed E-state index contributed by atoms with van der Waals surface area (Å²) in [6, 6.07) is 8.92. The first kappa shape index (κ1) is 22.4. The second kappa shape index (κ2) is 9.23. The Morgan fingerprint density at radius 2 is 1.90 bits per heavy atom. The number of benzene rings is 2. The predicted molar refractivity (Wildman–Crippen MR) is 119 cm³/mol. The zero-order valence-electron chi connectivity index (χ0n) is 15.9. The summed E-state index contributed by atoms with van der Waals surface area (Å²) >= 11 is 11.5. The standard InChI is InChI=1S/C18H19ClN4O5S2/c1-12-2-3-13(10-17(12)23(24)25)20-18(29)21-16-11-14(4-5-15(16)19)30(26,27)22-6-8-28-9-7-22/h2-5,10-11H,6-9H2,1H3,(H2,20,21,29). The minimum absolute atomic E-state index is 0.0422. The number of nitrogens with zero attached hydrogens (tertiary/aromatic N) is 2. The van der Waals surface area contributed by atoms with Gasteiger partial charge in [0, 0.05) is 30.4 Å². The fraction of sp³-hybridized carbons (Fsp3) is 0.278. The second-order valence-corrected chi connectivity index (χ2v) is 9.25. The first-order valence-electron chi connectivity index (χ1n) is 8.89. The summed E-state index contributed by atoms with van der Waals surface area (Å²) in [7, 11) is -3.70. The lowest BCUT2D eigenvalue weighted by Crippen LogP contribution is -2.40. The zero-order valence-corrected chi connectivity index (χ0v) is 18.3. The number of hydrogen-bond acceptors (Lipinski definition) is 6. The molecule has 12 heteroatoms. The summed E-state index contributed by atoms with van der Waals surface area (Å²) in [5, 5.41) is 17.2. The number of hydrogen-bond donors (Lipinski definition) is 2. The molecule has 0 radical (unpaired) electrons. The van der Waals surface area contributed by atoms with E-state index in [1.165, 1.54) is 28.6 Å². The van der Waals surface area contributed by atoms with Crippen LogP contribution >= 0.6 is 23.8 Å². The summed E-state index contributed by atoms with van der Waals surface area (Å²) in [4.78, 5) is 10.7.